The molecule has 2 saturated heterocycles. The summed E-state index contributed by atoms with van der Waals surface area (Å²) in [6.45, 7) is 6.96. The van der Waals surface area contributed by atoms with E-state index in [-0.39, 0.29) is 17.7 Å². The van der Waals surface area contributed by atoms with Crippen LogP contribution < -0.4 is 5.32 Å². The zero-order valence-corrected chi connectivity index (χ0v) is 35.9. The first-order chi connectivity index (χ1) is 30.4. The molecule has 64 heavy (non-hydrogen) atoms. The lowest BCUT2D eigenvalue weighted by Crippen LogP contribution is -2.70. The van der Waals surface area contributed by atoms with Gasteiger partial charge in [-0.25, -0.2) is 14.4 Å². The number of aliphatic hydroxyl groups excluding tert-OH is 1. The molecular formula is C43H51NO20. The average molecular weight is 902 g/mol. The summed E-state index contributed by atoms with van der Waals surface area (Å²) < 4.78 is 62.8. The van der Waals surface area contributed by atoms with E-state index in [9.17, 15) is 43.5 Å². The largest absolute Gasteiger partial charge is 0.465 e. The Morgan fingerprint density at radius 3 is 1.89 bits per heavy atom. The maximum absolute atomic E-state index is 14.0. The Morgan fingerprint density at radius 2 is 1.39 bits per heavy atom. The predicted octanol–water partition coefficient (Wildman–Crippen LogP) is 1.26. The number of carbonyl (C=O) groups is 8. The van der Waals surface area contributed by atoms with E-state index in [1.54, 1.807) is 36.4 Å². The van der Waals surface area contributed by atoms with E-state index >= 15 is 0 Å². The second-order valence-corrected chi connectivity index (χ2v) is 14.4. The molecule has 2 fully saturated rings. The van der Waals surface area contributed by atoms with Crippen LogP contribution in [0.15, 0.2) is 73.3 Å². The zero-order chi connectivity index (χ0) is 47.1. The van der Waals surface area contributed by atoms with Gasteiger partial charge in [0.05, 0.1) is 43.9 Å². The average Bonchev–Trinajstić information content (AvgIpc) is 3.25. The van der Waals surface area contributed by atoms with Gasteiger partial charge < -0.3 is 62.5 Å². The SMILES string of the molecule is C=CCO[C@H]1OC(CO[C@]2(C(=O)OC)C[C@@H](OC(C)=O)[C@@H](NC(C)=O)C([C@H](OC(C)=O)[C@@H](COC(C)=O)OC(C)=O)O2)[C@H](O)[C@H](OC(=O)c2ccccc2)C1OC(=O)c1ccccc1. The van der Waals surface area contributed by atoms with Gasteiger partial charge in [0.25, 0.3) is 5.79 Å². The van der Waals surface area contributed by atoms with Crippen LogP contribution in [0.2, 0.25) is 0 Å². The van der Waals surface area contributed by atoms with Crippen molar-refractivity contribution in [3.05, 3.63) is 84.4 Å². The molecule has 2 aromatic rings. The number of benzene rings is 2. The third-order valence-electron chi connectivity index (χ3n) is 9.48. The fourth-order valence-corrected chi connectivity index (χ4v) is 6.88. The molecule has 2 aromatic carbocycles. The van der Waals surface area contributed by atoms with Gasteiger partial charge in [0, 0.05) is 34.6 Å². The van der Waals surface area contributed by atoms with E-state index in [0.29, 0.717) is 0 Å². The Kier molecular flexibility index (Phi) is 18.4. The van der Waals surface area contributed by atoms with Crippen LogP contribution in [0.25, 0.3) is 0 Å². The van der Waals surface area contributed by atoms with Gasteiger partial charge in [-0.05, 0) is 24.3 Å². The normalized spacial score (nSPS) is 26.0. The van der Waals surface area contributed by atoms with Crippen LogP contribution in [-0.2, 0) is 80.9 Å². The highest BCUT2D eigenvalue weighted by molar-refractivity contribution is 5.90. The lowest BCUT2D eigenvalue weighted by molar-refractivity contribution is -0.338. The highest BCUT2D eigenvalue weighted by atomic mass is 16.8. The van der Waals surface area contributed by atoms with Crippen LogP contribution in [0.5, 0.6) is 0 Å². The summed E-state index contributed by atoms with van der Waals surface area (Å²) in [5.74, 6) is -10.3. The molecule has 2 aliphatic heterocycles. The van der Waals surface area contributed by atoms with E-state index in [0.717, 1.165) is 41.7 Å². The van der Waals surface area contributed by atoms with E-state index in [2.05, 4.69) is 11.9 Å². The summed E-state index contributed by atoms with van der Waals surface area (Å²) in [7, 11) is 0.953. The first-order valence-corrected chi connectivity index (χ1v) is 19.8. The Balaban J connectivity index is 1.82. The van der Waals surface area contributed by atoms with Crippen molar-refractivity contribution >= 4 is 47.7 Å². The summed E-state index contributed by atoms with van der Waals surface area (Å²) in [4.78, 5) is 103. The van der Waals surface area contributed by atoms with Gasteiger partial charge in [0.2, 0.25) is 5.91 Å². The molecule has 21 heteroatoms. The number of methoxy groups -OCH3 is 1. The fraction of sp³-hybridized carbons (Fsp3) is 0.488. The van der Waals surface area contributed by atoms with E-state index in [1.807, 2.05) is 0 Å². The van der Waals surface area contributed by atoms with Crippen LogP contribution >= 0.6 is 0 Å². The van der Waals surface area contributed by atoms with Crippen LogP contribution in [-0.4, -0.2) is 147 Å². The van der Waals surface area contributed by atoms with Crippen molar-refractivity contribution in [3.8, 4) is 0 Å². The van der Waals surface area contributed by atoms with Gasteiger partial charge in [-0.2, -0.15) is 0 Å². The first kappa shape index (κ1) is 50.4. The molecule has 0 bridgehead atoms. The van der Waals surface area contributed by atoms with Crippen molar-refractivity contribution in [2.45, 2.75) is 108 Å². The summed E-state index contributed by atoms with van der Waals surface area (Å²) in [5, 5.41) is 14.5. The molecule has 0 aromatic heterocycles. The highest BCUT2D eigenvalue weighted by Crippen LogP contribution is 2.38. The molecule has 1 amide bonds. The number of hydrogen-bond donors (Lipinski definition) is 2. The second-order valence-electron chi connectivity index (χ2n) is 14.4. The number of nitrogens with one attached hydrogen (secondary N) is 1. The number of esters is 7. The van der Waals surface area contributed by atoms with Crippen molar-refractivity contribution in [1.29, 1.82) is 0 Å². The van der Waals surface area contributed by atoms with Gasteiger partial charge in [-0.3, -0.25) is 24.0 Å². The molecule has 0 radical (unpaired) electrons. The van der Waals surface area contributed by atoms with Crippen LogP contribution in [0, 0.1) is 0 Å². The monoisotopic (exact) mass is 901 g/mol. The topological polar surface area (TPSA) is 270 Å². The van der Waals surface area contributed by atoms with E-state index in [1.165, 1.54) is 30.3 Å². The van der Waals surface area contributed by atoms with Crippen molar-refractivity contribution in [2.24, 2.45) is 0 Å². The van der Waals surface area contributed by atoms with Crippen molar-refractivity contribution in [3.63, 3.8) is 0 Å². The van der Waals surface area contributed by atoms with Crippen molar-refractivity contribution in [1.82, 2.24) is 5.32 Å². The van der Waals surface area contributed by atoms with E-state index < -0.39 is 134 Å². The fourth-order valence-electron chi connectivity index (χ4n) is 6.88. The minimum Gasteiger partial charge on any atom is -0.465 e. The zero-order valence-electron chi connectivity index (χ0n) is 35.9. The number of amides is 1. The number of hydrogen-bond acceptors (Lipinski definition) is 20. The molecule has 0 spiro atoms. The predicted molar refractivity (Wildman–Crippen MR) is 213 cm³/mol. The molecule has 2 N–H and O–H groups in total. The minimum absolute atomic E-state index is 0.0605. The molecule has 0 saturated carbocycles. The highest BCUT2D eigenvalue weighted by Gasteiger charge is 2.60. The molecule has 21 nitrogen and oxygen atoms in total. The molecular weight excluding hydrogens is 850 g/mol. The molecule has 2 aliphatic rings. The molecule has 11 atom stereocenters. The molecule has 3 unspecified atom stereocenters. The summed E-state index contributed by atoms with van der Waals surface area (Å²) in [6.07, 6.45) is -14.9. The smallest absolute Gasteiger partial charge is 0.366 e. The summed E-state index contributed by atoms with van der Waals surface area (Å²) in [6, 6.07) is 13.9. The van der Waals surface area contributed by atoms with Crippen molar-refractivity contribution in [2.75, 3.05) is 26.9 Å². The van der Waals surface area contributed by atoms with Gasteiger partial charge in [-0.15, -0.1) is 6.58 Å². The Hall–Kier alpha value is -6.26. The van der Waals surface area contributed by atoms with Crippen LogP contribution in [0.3, 0.4) is 0 Å². The molecule has 0 aliphatic carbocycles. The van der Waals surface area contributed by atoms with Gasteiger partial charge in [-0.1, -0.05) is 42.5 Å². The lowest BCUT2D eigenvalue weighted by Gasteiger charge is -2.49. The summed E-state index contributed by atoms with van der Waals surface area (Å²) >= 11 is 0. The third-order valence-corrected chi connectivity index (χ3v) is 9.48. The van der Waals surface area contributed by atoms with E-state index in [4.69, 9.17) is 52.1 Å². The third kappa shape index (κ3) is 13.6. The van der Waals surface area contributed by atoms with Crippen LogP contribution in [0.4, 0.5) is 0 Å². The summed E-state index contributed by atoms with van der Waals surface area (Å²) in [5.41, 5.74) is 0.156. The minimum atomic E-state index is -2.72. The quantitative estimate of drug-likeness (QED) is 0.114. The first-order valence-electron chi connectivity index (χ1n) is 19.8. The second kappa shape index (κ2) is 23.4. The molecule has 2 heterocycles. The number of carbonyl (C=O) groups excluding carboxylic acids is 8. The lowest BCUT2D eigenvalue weighted by atomic mass is 9.87. The number of aliphatic hydroxyl groups is 1. The molecule has 4 rings (SSSR count). The Morgan fingerprint density at radius 1 is 0.812 bits per heavy atom. The number of rotatable bonds is 19. The maximum Gasteiger partial charge on any atom is 0.366 e. The van der Waals surface area contributed by atoms with Gasteiger partial charge in [0.15, 0.2) is 30.7 Å². The van der Waals surface area contributed by atoms with Crippen molar-refractivity contribution < 1.29 is 95.6 Å². The Bertz CT molecular complexity index is 1980. The Labute approximate surface area is 367 Å². The van der Waals surface area contributed by atoms with Gasteiger partial charge >= 0.3 is 41.8 Å². The number of ether oxygens (including phenoxy) is 11. The van der Waals surface area contributed by atoms with Crippen LogP contribution in [0.1, 0.15) is 61.8 Å². The maximum atomic E-state index is 14.0. The molecule has 348 valence electrons. The standard InChI is InChI=1S/C43H51NO20/c1-8-19-55-41-38(63-40(52)29-17-13-10-14-18-29)37(62-39(51)28-15-11-9-12-16-28)34(50)31(61-41)22-57-43(42(53)54-7)20-30(58-25(4)47)33(44-23(2)45)36(64-43)35(60-27(6)49)32(59-26(5)48)21-56-24(3)46/h8-18,30-38,41,50H,1,19-22H2,2-7H3,(H,44,45)/t30-,31?,32-,33-,34+,35-,36?,37+,38?,41+,43-/m1/s1. The van der Waals surface area contributed by atoms with Gasteiger partial charge in [0.1, 0.15) is 31.0 Å².